The predicted molar refractivity (Wildman–Crippen MR) is 69.0 cm³/mol. The average molecular weight is 282 g/mol. The van der Waals surface area contributed by atoms with Crippen molar-refractivity contribution in [3.8, 4) is 11.5 Å². The summed E-state index contributed by atoms with van der Waals surface area (Å²) in [5, 5.41) is 0.490. The van der Waals surface area contributed by atoms with Gasteiger partial charge in [0.15, 0.2) is 0 Å². The molecule has 0 amide bonds. The third-order valence-electron chi connectivity index (χ3n) is 2.45. The minimum atomic E-state index is -0.599. The molecule has 0 saturated heterocycles. The van der Waals surface area contributed by atoms with Gasteiger partial charge in [-0.15, -0.1) is 0 Å². The van der Waals surface area contributed by atoms with Crippen LogP contribution >= 0.6 is 11.6 Å². The fourth-order valence-corrected chi connectivity index (χ4v) is 1.80. The first kappa shape index (κ1) is 13.6. The van der Waals surface area contributed by atoms with E-state index in [1.165, 1.54) is 14.2 Å². The molecule has 0 aliphatic heterocycles. The van der Waals surface area contributed by atoms with E-state index in [-0.39, 0.29) is 18.3 Å². The van der Waals surface area contributed by atoms with Crippen molar-refractivity contribution in [3.05, 3.63) is 40.7 Å². The molecule has 100 valence electrons. The molecule has 0 saturated carbocycles. The summed E-state index contributed by atoms with van der Waals surface area (Å²) in [6.07, 6.45) is 0. The van der Waals surface area contributed by atoms with Crippen LogP contribution in [0.25, 0.3) is 11.5 Å². The Bertz CT molecular complexity index is 594. The summed E-state index contributed by atoms with van der Waals surface area (Å²) in [6.45, 7) is 0.151. The minimum Gasteiger partial charge on any atom is -0.463 e. The summed E-state index contributed by atoms with van der Waals surface area (Å²) in [4.78, 5) is 15.8. The van der Waals surface area contributed by atoms with Gasteiger partial charge in [0.1, 0.15) is 5.69 Å². The average Bonchev–Trinajstić information content (AvgIpc) is 2.83. The summed E-state index contributed by atoms with van der Waals surface area (Å²) >= 11 is 6.06. The SMILES string of the molecule is COCc1nc(-c2ccccc2Cl)oc1C(=O)OC. The van der Waals surface area contributed by atoms with Crippen LogP contribution in [0, 0.1) is 0 Å². The zero-order valence-corrected chi connectivity index (χ0v) is 11.2. The number of carbonyl (C=O) groups excluding carboxylic acids is 1. The fourth-order valence-electron chi connectivity index (χ4n) is 1.59. The first-order valence-electron chi connectivity index (χ1n) is 5.49. The second-order valence-corrected chi connectivity index (χ2v) is 4.11. The molecule has 0 atom stereocenters. The van der Waals surface area contributed by atoms with E-state index >= 15 is 0 Å². The Balaban J connectivity index is 2.48. The minimum absolute atomic E-state index is 0.0271. The molecule has 0 aliphatic carbocycles. The van der Waals surface area contributed by atoms with Gasteiger partial charge >= 0.3 is 5.97 Å². The maximum absolute atomic E-state index is 11.6. The molecule has 0 unspecified atom stereocenters. The van der Waals surface area contributed by atoms with Gasteiger partial charge in [-0.25, -0.2) is 9.78 Å². The van der Waals surface area contributed by atoms with Gasteiger partial charge in [0.25, 0.3) is 0 Å². The van der Waals surface area contributed by atoms with E-state index in [1.54, 1.807) is 24.3 Å². The Kier molecular flexibility index (Phi) is 4.19. The quantitative estimate of drug-likeness (QED) is 0.806. The zero-order valence-electron chi connectivity index (χ0n) is 10.5. The molecule has 2 rings (SSSR count). The number of nitrogens with zero attached hydrogens (tertiary/aromatic N) is 1. The molecule has 0 N–H and O–H groups in total. The third kappa shape index (κ3) is 2.77. The number of ether oxygens (including phenoxy) is 2. The number of oxazole rings is 1. The monoisotopic (exact) mass is 281 g/mol. The number of rotatable bonds is 4. The normalized spacial score (nSPS) is 10.5. The molecule has 19 heavy (non-hydrogen) atoms. The van der Waals surface area contributed by atoms with Crippen molar-refractivity contribution in [2.24, 2.45) is 0 Å². The van der Waals surface area contributed by atoms with Crippen molar-refractivity contribution in [2.45, 2.75) is 6.61 Å². The standard InChI is InChI=1S/C13H12ClNO4/c1-17-7-10-11(13(16)18-2)19-12(15-10)8-5-3-4-6-9(8)14/h3-6H,7H2,1-2H3. The smallest absolute Gasteiger partial charge is 0.376 e. The van der Waals surface area contributed by atoms with E-state index < -0.39 is 5.97 Å². The number of benzene rings is 1. The Morgan fingerprint density at radius 2 is 2.11 bits per heavy atom. The Morgan fingerprint density at radius 1 is 1.37 bits per heavy atom. The van der Waals surface area contributed by atoms with Gasteiger partial charge in [0, 0.05) is 7.11 Å². The Hall–Kier alpha value is -1.85. The number of carbonyl (C=O) groups is 1. The van der Waals surface area contributed by atoms with Crippen LogP contribution in [0.2, 0.25) is 5.02 Å². The summed E-state index contributed by atoms with van der Waals surface area (Å²) in [5.74, 6) is -0.310. The number of hydrogen-bond acceptors (Lipinski definition) is 5. The molecular formula is C13H12ClNO4. The second-order valence-electron chi connectivity index (χ2n) is 3.70. The summed E-state index contributed by atoms with van der Waals surface area (Å²) in [6, 6.07) is 7.08. The van der Waals surface area contributed by atoms with Gasteiger partial charge in [-0.3, -0.25) is 0 Å². The lowest BCUT2D eigenvalue weighted by Gasteiger charge is -1.97. The van der Waals surface area contributed by atoms with Crippen LogP contribution in [0.5, 0.6) is 0 Å². The molecule has 1 aromatic carbocycles. The van der Waals surface area contributed by atoms with Gasteiger partial charge in [0.05, 0.1) is 24.3 Å². The Labute approximate surface area is 115 Å². The van der Waals surface area contributed by atoms with Crippen molar-refractivity contribution in [3.63, 3.8) is 0 Å². The van der Waals surface area contributed by atoms with Gasteiger partial charge in [-0.1, -0.05) is 23.7 Å². The van der Waals surface area contributed by atoms with Gasteiger partial charge < -0.3 is 13.9 Å². The van der Waals surface area contributed by atoms with Gasteiger partial charge in [-0.2, -0.15) is 0 Å². The van der Waals surface area contributed by atoms with Crippen LogP contribution in [-0.4, -0.2) is 25.2 Å². The first-order valence-corrected chi connectivity index (χ1v) is 5.87. The number of hydrogen-bond donors (Lipinski definition) is 0. The molecule has 0 aliphatic rings. The molecule has 2 aromatic rings. The highest BCUT2D eigenvalue weighted by Gasteiger charge is 2.22. The van der Waals surface area contributed by atoms with E-state index in [2.05, 4.69) is 9.72 Å². The predicted octanol–water partition coefficient (Wildman–Crippen LogP) is 2.93. The lowest BCUT2D eigenvalue weighted by atomic mass is 10.2. The molecule has 0 bridgehead atoms. The summed E-state index contributed by atoms with van der Waals surface area (Å²) in [5.41, 5.74) is 0.987. The second kappa shape index (κ2) is 5.86. The van der Waals surface area contributed by atoms with Crippen LogP contribution in [0.3, 0.4) is 0 Å². The number of methoxy groups -OCH3 is 2. The Morgan fingerprint density at radius 3 is 2.74 bits per heavy atom. The van der Waals surface area contributed by atoms with E-state index in [0.717, 1.165) is 0 Å². The lowest BCUT2D eigenvalue weighted by Crippen LogP contribution is -2.04. The highest BCUT2D eigenvalue weighted by molar-refractivity contribution is 6.33. The zero-order chi connectivity index (χ0) is 13.8. The highest BCUT2D eigenvalue weighted by atomic mass is 35.5. The highest BCUT2D eigenvalue weighted by Crippen LogP contribution is 2.29. The van der Waals surface area contributed by atoms with Crippen LogP contribution < -0.4 is 0 Å². The van der Waals surface area contributed by atoms with Crippen molar-refractivity contribution in [1.29, 1.82) is 0 Å². The van der Waals surface area contributed by atoms with Crippen molar-refractivity contribution in [1.82, 2.24) is 4.98 Å². The molecule has 6 heteroatoms. The number of esters is 1. The van der Waals surface area contributed by atoms with E-state index in [4.69, 9.17) is 20.8 Å². The summed E-state index contributed by atoms with van der Waals surface area (Å²) < 4.78 is 15.1. The third-order valence-corrected chi connectivity index (χ3v) is 2.78. The van der Waals surface area contributed by atoms with Crippen LogP contribution in [0.1, 0.15) is 16.2 Å². The molecular weight excluding hydrogens is 270 g/mol. The molecule has 0 fully saturated rings. The molecule has 0 spiro atoms. The van der Waals surface area contributed by atoms with Gasteiger partial charge in [0.2, 0.25) is 11.7 Å². The van der Waals surface area contributed by atoms with Crippen LogP contribution in [-0.2, 0) is 16.1 Å². The molecule has 1 aromatic heterocycles. The van der Waals surface area contributed by atoms with Crippen molar-refractivity contribution >= 4 is 17.6 Å². The van der Waals surface area contributed by atoms with Crippen molar-refractivity contribution in [2.75, 3.05) is 14.2 Å². The van der Waals surface area contributed by atoms with E-state index in [1.807, 2.05) is 0 Å². The molecule has 1 heterocycles. The molecule has 5 nitrogen and oxygen atoms in total. The van der Waals surface area contributed by atoms with Gasteiger partial charge in [-0.05, 0) is 12.1 Å². The maximum atomic E-state index is 11.6. The van der Waals surface area contributed by atoms with Crippen LogP contribution in [0.15, 0.2) is 28.7 Å². The maximum Gasteiger partial charge on any atom is 0.376 e. The number of halogens is 1. The summed E-state index contributed by atoms with van der Waals surface area (Å²) in [7, 11) is 2.78. The first-order chi connectivity index (χ1) is 9.17. The largest absolute Gasteiger partial charge is 0.463 e. The topological polar surface area (TPSA) is 61.6 Å². The van der Waals surface area contributed by atoms with E-state index in [9.17, 15) is 4.79 Å². The lowest BCUT2D eigenvalue weighted by molar-refractivity contribution is 0.0559. The van der Waals surface area contributed by atoms with Crippen LogP contribution in [0.4, 0.5) is 0 Å². The molecule has 0 radical (unpaired) electrons. The fraction of sp³-hybridized carbons (Fsp3) is 0.231. The number of aromatic nitrogens is 1. The van der Waals surface area contributed by atoms with E-state index in [0.29, 0.717) is 16.3 Å². The van der Waals surface area contributed by atoms with Crippen molar-refractivity contribution < 1.29 is 18.7 Å².